The fraction of sp³-hybridized carbons (Fsp3) is 0.222. The number of fused-ring (bicyclic) bond motifs is 1. The summed E-state index contributed by atoms with van der Waals surface area (Å²) in [6.45, 7) is -0.452. The second-order valence-corrected chi connectivity index (χ2v) is 6.10. The molecule has 3 rings (SSSR count). The van der Waals surface area contributed by atoms with Gasteiger partial charge in [-0.2, -0.15) is 0 Å². The summed E-state index contributed by atoms with van der Waals surface area (Å²) in [6.07, 6.45) is 1.38. The third-order valence-corrected chi connectivity index (χ3v) is 3.87. The van der Waals surface area contributed by atoms with Crippen molar-refractivity contribution >= 4 is 29.4 Å². The molecule has 1 aromatic heterocycles. The smallest absolute Gasteiger partial charge is 0.325 e. The highest BCUT2D eigenvalue weighted by atomic mass is 35.5. The van der Waals surface area contributed by atoms with Gasteiger partial charge in [0.25, 0.3) is 11.8 Å². The number of esters is 1. The normalized spacial score (nSPS) is 11.6. The SMILES string of the molecule is O=C(COC(=O)CNC(=O)c1cc(Cl)ccn1)NCc1ccc2c(c1)OCO2. The zero-order valence-corrected chi connectivity index (χ0v) is 15.3. The van der Waals surface area contributed by atoms with Crippen LogP contribution in [0.4, 0.5) is 0 Å². The predicted octanol–water partition coefficient (Wildman–Crippen LogP) is 1.05. The number of nitrogens with one attached hydrogen (secondary N) is 2. The van der Waals surface area contributed by atoms with Gasteiger partial charge in [-0.05, 0) is 29.8 Å². The summed E-state index contributed by atoms with van der Waals surface area (Å²) in [6, 6.07) is 8.19. The average Bonchev–Trinajstić information content (AvgIpc) is 3.16. The summed E-state index contributed by atoms with van der Waals surface area (Å²) in [5.74, 6) is -0.545. The summed E-state index contributed by atoms with van der Waals surface area (Å²) < 4.78 is 15.3. The van der Waals surface area contributed by atoms with E-state index in [1.165, 1.54) is 18.3 Å². The van der Waals surface area contributed by atoms with Gasteiger partial charge in [0.05, 0.1) is 0 Å². The Morgan fingerprint density at radius 1 is 1.11 bits per heavy atom. The molecule has 10 heteroatoms. The van der Waals surface area contributed by atoms with Gasteiger partial charge < -0.3 is 24.8 Å². The van der Waals surface area contributed by atoms with Gasteiger partial charge in [0, 0.05) is 17.8 Å². The van der Waals surface area contributed by atoms with Crippen LogP contribution in [0.5, 0.6) is 11.5 Å². The number of aromatic nitrogens is 1. The highest BCUT2D eigenvalue weighted by Gasteiger charge is 2.14. The van der Waals surface area contributed by atoms with Crippen LogP contribution in [-0.4, -0.2) is 42.7 Å². The molecule has 0 saturated heterocycles. The molecule has 0 saturated carbocycles. The van der Waals surface area contributed by atoms with Crippen molar-refractivity contribution in [2.24, 2.45) is 0 Å². The molecule has 1 aliphatic rings. The van der Waals surface area contributed by atoms with E-state index in [2.05, 4.69) is 15.6 Å². The van der Waals surface area contributed by atoms with Crippen molar-refractivity contribution in [1.29, 1.82) is 0 Å². The van der Waals surface area contributed by atoms with Crippen LogP contribution < -0.4 is 20.1 Å². The van der Waals surface area contributed by atoms with Crippen molar-refractivity contribution in [1.82, 2.24) is 15.6 Å². The molecule has 2 heterocycles. The van der Waals surface area contributed by atoms with E-state index in [4.69, 9.17) is 25.8 Å². The number of halogens is 1. The Morgan fingerprint density at radius 2 is 1.93 bits per heavy atom. The zero-order chi connectivity index (χ0) is 19.9. The predicted molar refractivity (Wildman–Crippen MR) is 97.0 cm³/mol. The number of pyridine rings is 1. The van der Waals surface area contributed by atoms with Crippen LogP contribution in [0.3, 0.4) is 0 Å². The maximum atomic E-state index is 11.8. The number of hydrogen-bond donors (Lipinski definition) is 2. The first kappa shape index (κ1) is 19.4. The molecular weight excluding hydrogens is 390 g/mol. The van der Waals surface area contributed by atoms with Crippen LogP contribution in [0.1, 0.15) is 16.1 Å². The van der Waals surface area contributed by atoms with Crippen molar-refractivity contribution in [2.45, 2.75) is 6.54 Å². The molecule has 0 fully saturated rings. The molecule has 2 amide bonds. The van der Waals surface area contributed by atoms with E-state index in [0.717, 1.165) is 5.56 Å². The number of amides is 2. The Morgan fingerprint density at radius 3 is 2.75 bits per heavy atom. The molecule has 0 atom stereocenters. The van der Waals surface area contributed by atoms with E-state index >= 15 is 0 Å². The quantitative estimate of drug-likeness (QED) is 0.661. The Balaban J connectivity index is 1.36. The lowest BCUT2D eigenvalue weighted by Gasteiger charge is -2.08. The fourth-order valence-corrected chi connectivity index (χ4v) is 2.43. The molecule has 2 aromatic rings. The summed E-state index contributed by atoms with van der Waals surface area (Å²) in [7, 11) is 0. The van der Waals surface area contributed by atoms with Gasteiger partial charge in [-0.1, -0.05) is 17.7 Å². The van der Waals surface area contributed by atoms with Crippen LogP contribution in [0.15, 0.2) is 36.5 Å². The van der Waals surface area contributed by atoms with Gasteiger partial charge in [-0.3, -0.25) is 19.4 Å². The second kappa shape index (κ2) is 9.05. The van der Waals surface area contributed by atoms with E-state index < -0.39 is 30.9 Å². The van der Waals surface area contributed by atoms with Gasteiger partial charge in [0.1, 0.15) is 12.2 Å². The van der Waals surface area contributed by atoms with E-state index in [9.17, 15) is 14.4 Å². The molecule has 0 radical (unpaired) electrons. The molecular formula is C18H16ClN3O6. The lowest BCUT2D eigenvalue weighted by atomic mass is 10.2. The van der Waals surface area contributed by atoms with Crippen LogP contribution in [0, 0.1) is 0 Å². The van der Waals surface area contributed by atoms with Gasteiger partial charge >= 0.3 is 5.97 Å². The number of benzene rings is 1. The fourth-order valence-electron chi connectivity index (χ4n) is 2.27. The molecule has 0 spiro atoms. The van der Waals surface area contributed by atoms with E-state index in [1.807, 2.05) is 0 Å². The molecule has 28 heavy (non-hydrogen) atoms. The minimum absolute atomic E-state index is 0.0711. The van der Waals surface area contributed by atoms with Crippen molar-refractivity contribution in [2.75, 3.05) is 19.9 Å². The van der Waals surface area contributed by atoms with Crippen molar-refractivity contribution in [3.63, 3.8) is 0 Å². The monoisotopic (exact) mass is 405 g/mol. The van der Waals surface area contributed by atoms with E-state index in [0.29, 0.717) is 16.5 Å². The average molecular weight is 406 g/mol. The largest absolute Gasteiger partial charge is 0.454 e. The van der Waals surface area contributed by atoms with Crippen LogP contribution in [0.25, 0.3) is 0 Å². The Kier molecular flexibility index (Phi) is 6.28. The first-order valence-electron chi connectivity index (χ1n) is 8.22. The van der Waals surface area contributed by atoms with Gasteiger partial charge in [-0.25, -0.2) is 0 Å². The van der Waals surface area contributed by atoms with Crippen LogP contribution in [-0.2, 0) is 20.9 Å². The first-order valence-corrected chi connectivity index (χ1v) is 8.59. The summed E-state index contributed by atoms with van der Waals surface area (Å²) in [5, 5.41) is 5.31. The summed E-state index contributed by atoms with van der Waals surface area (Å²) >= 11 is 5.77. The maximum absolute atomic E-state index is 11.8. The molecule has 146 valence electrons. The van der Waals surface area contributed by atoms with E-state index in [1.54, 1.807) is 18.2 Å². The van der Waals surface area contributed by atoms with Crippen molar-refractivity contribution < 1.29 is 28.6 Å². The standard InChI is InChI=1S/C18H16ClN3O6/c19-12-3-4-20-13(6-12)18(25)22-8-17(24)26-9-16(23)21-7-11-1-2-14-15(5-11)28-10-27-14/h1-6H,7-10H2,(H,21,23)(H,22,25). The van der Waals surface area contributed by atoms with Crippen molar-refractivity contribution in [3.05, 3.63) is 52.8 Å². The zero-order valence-electron chi connectivity index (χ0n) is 14.6. The number of hydrogen-bond acceptors (Lipinski definition) is 7. The lowest BCUT2D eigenvalue weighted by Crippen LogP contribution is -2.34. The van der Waals surface area contributed by atoms with Crippen LogP contribution >= 0.6 is 11.6 Å². The maximum Gasteiger partial charge on any atom is 0.325 e. The topological polar surface area (TPSA) is 116 Å². The lowest BCUT2D eigenvalue weighted by molar-refractivity contribution is -0.147. The number of ether oxygens (including phenoxy) is 3. The summed E-state index contributed by atoms with van der Waals surface area (Å²) in [5.41, 5.74) is 0.881. The van der Waals surface area contributed by atoms with Gasteiger partial charge in [0.15, 0.2) is 18.1 Å². The third-order valence-electron chi connectivity index (χ3n) is 3.64. The summed E-state index contributed by atoms with van der Waals surface area (Å²) in [4.78, 5) is 39.1. The van der Waals surface area contributed by atoms with Crippen LogP contribution in [0.2, 0.25) is 5.02 Å². The highest BCUT2D eigenvalue weighted by molar-refractivity contribution is 6.30. The number of carbonyl (C=O) groups excluding carboxylic acids is 3. The molecule has 1 aliphatic heterocycles. The molecule has 0 aliphatic carbocycles. The second-order valence-electron chi connectivity index (χ2n) is 5.67. The molecule has 0 bridgehead atoms. The van der Waals surface area contributed by atoms with Gasteiger partial charge in [0.2, 0.25) is 6.79 Å². The first-order chi connectivity index (χ1) is 13.5. The Bertz CT molecular complexity index is 905. The Hall–Kier alpha value is -3.33. The minimum Gasteiger partial charge on any atom is -0.454 e. The number of carbonyl (C=O) groups is 3. The van der Waals surface area contributed by atoms with Crippen molar-refractivity contribution in [3.8, 4) is 11.5 Å². The van der Waals surface area contributed by atoms with Gasteiger partial charge in [-0.15, -0.1) is 0 Å². The molecule has 9 nitrogen and oxygen atoms in total. The number of rotatable bonds is 7. The minimum atomic E-state index is -0.756. The Labute approximate surface area is 164 Å². The third kappa shape index (κ3) is 5.34. The molecule has 2 N–H and O–H groups in total. The molecule has 1 aromatic carbocycles. The highest BCUT2D eigenvalue weighted by Crippen LogP contribution is 2.32. The number of nitrogens with zero attached hydrogens (tertiary/aromatic N) is 1. The van der Waals surface area contributed by atoms with E-state index in [-0.39, 0.29) is 19.0 Å². The molecule has 0 unspecified atom stereocenters.